The lowest BCUT2D eigenvalue weighted by atomic mass is 10.3. The first-order chi connectivity index (χ1) is 11.2. The largest absolute Gasteiger partial charge is 0.368 e. The molecule has 0 spiro atoms. The summed E-state index contributed by atoms with van der Waals surface area (Å²) in [6.45, 7) is 7.01. The highest BCUT2D eigenvalue weighted by molar-refractivity contribution is 5.78. The van der Waals surface area contributed by atoms with Crippen molar-refractivity contribution in [3.63, 3.8) is 0 Å². The molecule has 7 heteroatoms. The van der Waals surface area contributed by atoms with E-state index in [4.69, 9.17) is 0 Å². The molecule has 0 bridgehead atoms. The Morgan fingerprint density at radius 1 is 1.30 bits per heavy atom. The maximum atomic E-state index is 11.6. The van der Waals surface area contributed by atoms with Crippen molar-refractivity contribution < 1.29 is 4.79 Å². The van der Waals surface area contributed by atoms with Crippen LogP contribution in [0, 0.1) is 6.92 Å². The van der Waals surface area contributed by atoms with Crippen molar-refractivity contribution in [1.29, 1.82) is 0 Å². The molecule has 122 valence electrons. The summed E-state index contributed by atoms with van der Waals surface area (Å²) in [4.78, 5) is 22.4. The summed E-state index contributed by atoms with van der Waals surface area (Å²) in [5.74, 6) is 1.72. The van der Waals surface area contributed by atoms with E-state index in [1.54, 1.807) is 0 Å². The lowest BCUT2D eigenvalue weighted by molar-refractivity contribution is -0.127. The molecule has 0 unspecified atom stereocenters. The number of carbonyl (C=O) groups is 1. The van der Waals surface area contributed by atoms with Gasteiger partial charge in [0.05, 0.1) is 5.69 Å². The van der Waals surface area contributed by atoms with Gasteiger partial charge in [-0.15, -0.1) is 0 Å². The van der Waals surface area contributed by atoms with Crippen molar-refractivity contribution in [2.75, 3.05) is 25.0 Å². The SMILES string of the molecule is CCn1ccc(-c2cc(NCCN3CCCC3=O)nc(C)n2)n1. The van der Waals surface area contributed by atoms with E-state index in [-0.39, 0.29) is 5.91 Å². The zero-order valence-corrected chi connectivity index (χ0v) is 13.6. The number of hydrogen-bond donors (Lipinski definition) is 1. The van der Waals surface area contributed by atoms with E-state index >= 15 is 0 Å². The molecule has 1 N–H and O–H groups in total. The van der Waals surface area contributed by atoms with E-state index in [0.717, 1.165) is 36.7 Å². The van der Waals surface area contributed by atoms with Gasteiger partial charge in [0.15, 0.2) is 0 Å². The summed E-state index contributed by atoms with van der Waals surface area (Å²) >= 11 is 0. The summed E-state index contributed by atoms with van der Waals surface area (Å²) in [7, 11) is 0. The maximum absolute atomic E-state index is 11.6. The number of likely N-dealkylation sites (tertiary alicyclic amines) is 1. The van der Waals surface area contributed by atoms with E-state index in [2.05, 4.69) is 27.3 Å². The zero-order valence-electron chi connectivity index (χ0n) is 13.6. The minimum Gasteiger partial charge on any atom is -0.368 e. The van der Waals surface area contributed by atoms with Crippen LogP contribution in [-0.2, 0) is 11.3 Å². The van der Waals surface area contributed by atoms with Crippen molar-refractivity contribution >= 4 is 11.7 Å². The molecule has 1 aliphatic heterocycles. The van der Waals surface area contributed by atoms with Gasteiger partial charge in [-0.25, -0.2) is 9.97 Å². The summed E-state index contributed by atoms with van der Waals surface area (Å²) < 4.78 is 1.87. The van der Waals surface area contributed by atoms with Crippen LogP contribution < -0.4 is 5.32 Å². The normalized spacial score (nSPS) is 14.5. The number of nitrogens with one attached hydrogen (secondary N) is 1. The van der Waals surface area contributed by atoms with Gasteiger partial charge in [-0.05, 0) is 26.3 Å². The molecule has 0 aliphatic carbocycles. The lowest BCUT2D eigenvalue weighted by Gasteiger charge is -2.16. The van der Waals surface area contributed by atoms with Gasteiger partial charge < -0.3 is 10.2 Å². The quantitative estimate of drug-likeness (QED) is 0.878. The third-order valence-electron chi connectivity index (χ3n) is 3.92. The third kappa shape index (κ3) is 3.67. The molecular weight excluding hydrogens is 292 g/mol. The van der Waals surface area contributed by atoms with Gasteiger partial charge in [-0.2, -0.15) is 5.10 Å². The molecule has 3 heterocycles. The van der Waals surface area contributed by atoms with Crippen LogP contribution in [0.1, 0.15) is 25.6 Å². The highest BCUT2D eigenvalue weighted by Gasteiger charge is 2.19. The number of hydrogen-bond acceptors (Lipinski definition) is 5. The average Bonchev–Trinajstić information content (AvgIpc) is 3.16. The first kappa shape index (κ1) is 15.5. The monoisotopic (exact) mass is 314 g/mol. The molecule has 1 fully saturated rings. The lowest BCUT2D eigenvalue weighted by Crippen LogP contribution is -2.30. The number of carbonyl (C=O) groups excluding carboxylic acids is 1. The third-order valence-corrected chi connectivity index (χ3v) is 3.92. The molecule has 1 aliphatic rings. The Bertz CT molecular complexity index is 696. The molecule has 7 nitrogen and oxygen atoms in total. The molecule has 23 heavy (non-hydrogen) atoms. The zero-order chi connectivity index (χ0) is 16.2. The van der Waals surface area contributed by atoms with Crippen molar-refractivity contribution in [1.82, 2.24) is 24.6 Å². The van der Waals surface area contributed by atoms with Crippen molar-refractivity contribution in [2.45, 2.75) is 33.2 Å². The highest BCUT2D eigenvalue weighted by atomic mass is 16.2. The van der Waals surface area contributed by atoms with Crippen LogP contribution in [0.5, 0.6) is 0 Å². The van der Waals surface area contributed by atoms with Crippen molar-refractivity contribution in [2.24, 2.45) is 0 Å². The van der Waals surface area contributed by atoms with Gasteiger partial charge in [0.25, 0.3) is 0 Å². The number of amides is 1. The molecule has 0 atom stereocenters. The van der Waals surface area contributed by atoms with E-state index < -0.39 is 0 Å². The first-order valence-electron chi connectivity index (χ1n) is 8.07. The number of nitrogens with zero attached hydrogens (tertiary/aromatic N) is 5. The molecule has 2 aromatic rings. The molecule has 1 saturated heterocycles. The van der Waals surface area contributed by atoms with Gasteiger partial charge in [-0.1, -0.05) is 0 Å². The molecule has 2 aromatic heterocycles. The van der Waals surface area contributed by atoms with Crippen LogP contribution in [0.3, 0.4) is 0 Å². The van der Waals surface area contributed by atoms with E-state index in [0.29, 0.717) is 25.3 Å². The number of anilines is 1. The average molecular weight is 314 g/mol. The fourth-order valence-corrected chi connectivity index (χ4v) is 2.72. The van der Waals surface area contributed by atoms with Crippen molar-refractivity contribution in [3.05, 3.63) is 24.2 Å². The van der Waals surface area contributed by atoms with E-state index in [1.165, 1.54) is 0 Å². The summed E-state index contributed by atoms with van der Waals surface area (Å²) in [6.07, 6.45) is 3.59. The van der Waals surface area contributed by atoms with Gasteiger partial charge in [-0.3, -0.25) is 9.48 Å². The Kier molecular flexibility index (Phi) is 4.55. The molecule has 1 amide bonds. The van der Waals surface area contributed by atoms with Crippen LogP contribution in [0.25, 0.3) is 11.4 Å². The molecule has 0 saturated carbocycles. The minimum atomic E-state index is 0.247. The number of aromatic nitrogens is 4. The van der Waals surface area contributed by atoms with E-state index in [1.807, 2.05) is 34.8 Å². The Morgan fingerprint density at radius 2 is 2.17 bits per heavy atom. The standard InChI is InChI=1S/C16H22N6O/c1-3-22-9-6-13(20-22)14-11-15(19-12(2)18-14)17-7-10-21-8-4-5-16(21)23/h6,9,11H,3-5,7-8,10H2,1-2H3,(H,17,18,19). The fourth-order valence-electron chi connectivity index (χ4n) is 2.72. The predicted octanol–water partition coefficient (Wildman–Crippen LogP) is 1.70. The summed E-state index contributed by atoms with van der Waals surface area (Å²) in [5, 5.41) is 7.76. The van der Waals surface area contributed by atoms with Crippen LogP contribution in [0.15, 0.2) is 18.3 Å². The van der Waals surface area contributed by atoms with Crippen LogP contribution >= 0.6 is 0 Å². The summed E-state index contributed by atoms with van der Waals surface area (Å²) in [6, 6.07) is 3.86. The van der Waals surface area contributed by atoms with Gasteiger partial charge >= 0.3 is 0 Å². The Labute approximate surface area is 135 Å². The molecule has 0 aromatic carbocycles. The van der Waals surface area contributed by atoms with Gasteiger partial charge in [0, 0.05) is 44.9 Å². The second kappa shape index (κ2) is 6.76. The van der Waals surface area contributed by atoms with Crippen LogP contribution in [0.2, 0.25) is 0 Å². The maximum Gasteiger partial charge on any atom is 0.222 e. The minimum absolute atomic E-state index is 0.247. The van der Waals surface area contributed by atoms with E-state index in [9.17, 15) is 4.79 Å². The second-order valence-electron chi connectivity index (χ2n) is 5.65. The second-order valence-corrected chi connectivity index (χ2v) is 5.65. The van der Waals surface area contributed by atoms with Crippen LogP contribution in [0.4, 0.5) is 5.82 Å². The smallest absolute Gasteiger partial charge is 0.222 e. The Hall–Kier alpha value is -2.44. The summed E-state index contributed by atoms with van der Waals surface area (Å²) in [5.41, 5.74) is 1.65. The molecule has 0 radical (unpaired) electrons. The van der Waals surface area contributed by atoms with Crippen molar-refractivity contribution in [3.8, 4) is 11.4 Å². The Balaban J connectivity index is 1.66. The predicted molar refractivity (Wildman–Crippen MR) is 88.0 cm³/mol. The number of rotatable bonds is 6. The highest BCUT2D eigenvalue weighted by Crippen LogP contribution is 2.18. The van der Waals surface area contributed by atoms with Gasteiger partial charge in [0.2, 0.25) is 5.91 Å². The topological polar surface area (TPSA) is 75.9 Å². The molecule has 3 rings (SSSR count). The number of aryl methyl sites for hydroxylation is 2. The Morgan fingerprint density at radius 3 is 2.87 bits per heavy atom. The van der Waals surface area contributed by atoms with Gasteiger partial charge in [0.1, 0.15) is 17.3 Å². The first-order valence-corrected chi connectivity index (χ1v) is 8.07. The fraction of sp³-hybridized carbons (Fsp3) is 0.500. The molecular formula is C16H22N6O. The van der Waals surface area contributed by atoms with Crippen LogP contribution in [-0.4, -0.2) is 50.2 Å².